The number of aryl methyl sites for hydroxylation is 2. The van der Waals surface area contributed by atoms with Gasteiger partial charge in [0, 0.05) is 22.7 Å². The molecule has 5 heteroatoms. The molecule has 0 bridgehead atoms. The second-order valence-corrected chi connectivity index (χ2v) is 7.29. The zero-order valence-corrected chi connectivity index (χ0v) is 14.3. The molecule has 132 valence electrons. The van der Waals surface area contributed by atoms with Crippen LogP contribution in [0.25, 0.3) is 16.5 Å². The fourth-order valence-corrected chi connectivity index (χ4v) is 4.40. The van der Waals surface area contributed by atoms with Crippen molar-refractivity contribution in [3.8, 4) is 0 Å². The largest absolute Gasteiger partial charge is 0.366 e. The first-order valence-electron chi connectivity index (χ1n) is 9.18. The molecule has 25 heavy (non-hydrogen) atoms. The third kappa shape index (κ3) is 2.76. The molecule has 0 saturated heterocycles. The van der Waals surface area contributed by atoms with Crippen molar-refractivity contribution in [3.05, 3.63) is 40.3 Å². The molecule has 1 aromatic carbocycles. The molecule has 0 unspecified atom stereocenters. The van der Waals surface area contributed by atoms with E-state index in [2.05, 4.69) is 4.98 Å². The lowest BCUT2D eigenvalue weighted by Gasteiger charge is -2.20. The van der Waals surface area contributed by atoms with Crippen LogP contribution in [-0.4, -0.2) is 16.9 Å². The van der Waals surface area contributed by atoms with E-state index in [9.17, 15) is 4.79 Å². The van der Waals surface area contributed by atoms with Gasteiger partial charge in [-0.3, -0.25) is 4.79 Å². The fourth-order valence-electron chi connectivity index (χ4n) is 4.40. The lowest BCUT2D eigenvalue weighted by atomic mass is 9.87. The number of halogens is 1. The molecule has 1 aromatic heterocycles. The molecule has 1 atom stereocenters. The molecule has 0 fully saturated rings. The van der Waals surface area contributed by atoms with Crippen molar-refractivity contribution >= 4 is 22.4 Å². The predicted octanol–water partition coefficient (Wildman–Crippen LogP) is 3.57. The molecule has 2 aliphatic rings. The fraction of sp³-hybridized carbons (Fsp3) is 0.450. The molecule has 2 aromatic rings. The van der Waals surface area contributed by atoms with Crippen molar-refractivity contribution in [2.24, 2.45) is 11.5 Å². The van der Waals surface area contributed by atoms with Gasteiger partial charge in [0.05, 0.1) is 11.1 Å². The average molecular weight is 341 g/mol. The summed E-state index contributed by atoms with van der Waals surface area (Å²) in [5.74, 6) is -0.964. The molecule has 1 heterocycles. The van der Waals surface area contributed by atoms with Gasteiger partial charge >= 0.3 is 0 Å². The summed E-state index contributed by atoms with van der Waals surface area (Å²) >= 11 is 0. The van der Waals surface area contributed by atoms with Gasteiger partial charge in [-0.25, -0.2) is 4.39 Å². The van der Waals surface area contributed by atoms with Gasteiger partial charge in [0.25, 0.3) is 5.91 Å². The number of fused-ring (bicyclic) bond motifs is 3. The van der Waals surface area contributed by atoms with Gasteiger partial charge in [0.15, 0.2) is 0 Å². The maximum Gasteiger partial charge on any atom is 0.250 e. The van der Waals surface area contributed by atoms with Crippen LogP contribution in [0.5, 0.6) is 0 Å². The Balaban J connectivity index is 2.05. The molecule has 5 N–H and O–H groups in total. The summed E-state index contributed by atoms with van der Waals surface area (Å²) < 4.78 is 15.1. The number of carbonyl (C=O) groups is 1. The Morgan fingerprint density at radius 3 is 2.72 bits per heavy atom. The van der Waals surface area contributed by atoms with E-state index in [4.69, 9.17) is 11.5 Å². The van der Waals surface area contributed by atoms with Crippen molar-refractivity contribution in [1.82, 2.24) is 4.98 Å². The summed E-state index contributed by atoms with van der Waals surface area (Å²) in [5.41, 5.74) is 16.4. The Morgan fingerprint density at radius 2 is 1.96 bits per heavy atom. The van der Waals surface area contributed by atoms with Gasteiger partial charge in [-0.05, 0) is 62.1 Å². The lowest BCUT2D eigenvalue weighted by Crippen LogP contribution is -2.20. The summed E-state index contributed by atoms with van der Waals surface area (Å²) in [6.45, 7) is 0. The minimum Gasteiger partial charge on any atom is -0.366 e. The number of nitrogens with one attached hydrogen (secondary N) is 1. The summed E-state index contributed by atoms with van der Waals surface area (Å²) in [6, 6.07) is 1.25. The number of primary amides is 1. The second kappa shape index (κ2) is 6.30. The number of rotatable bonds is 2. The average Bonchev–Trinajstić information content (AvgIpc) is 2.76. The summed E-state index contributed by atoms with van der Waals surface area (Å²) in [6.07, 6.45) is 9.89. The lowest BCUT2D eigenvalue weighted by molar-refractivity contribution is 0.100. The molecular formula is C20H24FN3O. The van der Waals surface area contributed by atoms with Crippen LogP contribution in [0.15, 0.2) is 12.1 Å². The molecule has 0 saturated carbocycles. The van der Waals surface area contributed by atoms with Crippen LogP contribution < -0.4 is 11.5 Å². The minimum atomic E-state index is -0.596. The Labute approximate surface area is 146 Å². The standard InChI is InChI=1S/C20H24FN3O/c21-15-10-14(20(23)25)19-18(13-7-2-1-3-8-16(13)24-19)17(15)11-5-4-6-12(22)9-11/h9-10,12,24H,1-8,22H2,(H2,23,25)/t12-/m0/s1. The van der Waals surface area contributed by atoms with E-state index in [0.29, 0.717) is 11.1 Å². The van der Waals surface area contributed by atoms with Crippen molar-refractivity contribution in [3.63, 3.8) is 0 Å². The van der Waals surface area contributed by atoms with E-state index >= 15 is 4.39 Å². The van der Waals surface area contributed by atoms with Crippen LogP contribution in [0.2, 0.25) is 0 Å². The smallest absolute Gasteiger partial charge is 0.250 e. The number of aromatic amines is 1. The van der Waals surface area contributed by atoms with Crippen LogP contribution in [0.4, 0.5) is 4.39 Å². The minimum absolute atomic E-state index is 0.0356. The van der Waals surface area contributed by atoms with Crippen molar-refractivity contribution in [2.45, 2.75) is 57.4 Å². The topological polar surface area (TPSA) is 84.9 Å². The number of H-pyrrole nitrogens is 1. The molecule has 4 rings (SSSR count). The molecule has 4 nitrogen and oxygen atoms in total. The number of aromatic nitrogens is 1. The van der Waals surface area contributed by atoms with Crippen LogP contribution in [0.1, 0.15) is 65.7 Å². The van der Waals surface area contributed by atoms with Crippen LogP contribution >= 0.6 is 0 Å². The molecule has 0 spiro atoms. The van der Waals surface area contributed by atoms with Crippen LogP contribution in [0.3, 0.4) is 0 Å². The monoisotopic (exact) mass is 341 g/mol. The third-order valence-electron chi connectivity index (χ3n) is 5.56. The van der Waals surface area contributed by atoms with Crippen LogP contribution in [0, 0.1) is 5.82 Å². The Kier molecular flexibility index (Phi) is 4.12. The first-order chi connectivity index (χ1) is 12.1. The molecule has 0 aliphatic heterocycles. The predicted molar refractivity (Wildman–Crippen MR) is 97.8 cm³/mol. The number of nitrogens with two attached hydrogens (primary N) is 2. The SMILES string of the molecule is NC(=O)c1cc(F)c(C2=C[C@@H](N)CCC2)c2c3c([nH]c12)CCCCC3. The molecule has 2 aliphatic carbocycles. The van der Waals surface area contributed by atoms with Crippen LogP contribution in [-0.2, 0) is 12.8 Å². The molecule has 0 radical (unpaired) electrons. The number of carbonyl (C=O) groups excluding carboxylic acids is 1. The van der Waals surface area contributed by atoms with Gasteiger partial charge in [-0.2, -0.15) is 0 Å². The summed E-state index contributed by atoms with van der Waals surface area (Å²) in [4.78, 5) is 15.3. The zero-order valence-electron chi connectivity index (χ0n) is 14.3. The van der Waals surface area contributed by atoms with E-state index in [1.54, 1.807) is 0 Å². The van der Waals surface area contributed by atoms with E-state index in [1.165, 1.54) is 12.5 Å². The number of hydrogen-bond acceptors (Lipinski definition) is 2. The highest BCUT2D eigenvalue weighted by molar-refractivity contribution is 6.09. The van der Waals surface area contributed by atoms with Gasteiger partial charge in [0.1, 0.15) is 5.82 Å². The number of amides is 1. The van der Waals surface area contributed by atoms with Crippen molar-refractivity contribution < 1.29 is 9.18 Å². The van der Waals surface area contributed by atoms with Gasteiger partial charge in [0.2, 0.25) is 0 Å². The summed E-state index contributed by atoms with van der Waals surface area (Å²) in [7, 11) is 0. The molecule has 1 amide bonds. The highest BCUT2D eigenvalue weighted by Crippen LogP contribution is 2.39. The number of benzene rings is 1. The van der Waals surface area contributed by atoms with Gasteiger partial charge < -0.3 is 16.5 Å². The van der Waals surface area contributed by atoms with Crippen molar-refractivity contribution in [1.29, 1.82) is 0 Å². The highest BCUT2D eigenvalue weighted by Gasteiger charge is 2.26. The Hall–Kier alpha value is -2.14. The summed E-state index contributed by atoms with van der Waals surface area (Å²) in [5, 5.41) is 0.853. The maximum absolute atomic E-state index is 15.1. The zero-order chi connectivity index (χ0) is 17.6. The first kappa shape index (κ1) is 16.3. The second-order valence-electron chi connectivity index (χ2n) is 7.29. The Bertz CT molecular complexity index is 881. The number of hydrogen-bond donors (Lipinski definition) is 3. The normalized spacial score (nSPS) is 20.9. The van der Waals surface area contributed by atoms with Gasteiger partial charge in [-0.15, -0.1) is 0 Å². The number of allylic oxidation sites excluding steroid dienone is 1. The maximum atomic E-state index is 15.1. The van der Waals surface area contributed by atoms with E-state index in [0.717, 1.165) is 67.2 Å². The van der Waals surface area contributed by atoms with E-state index in [1.807, 2.05) is 6.08 Å². The van der Waals surface area contributed by atoms with E-state index < -0.39 is 5.91 Å². The quantitative estimate of drug-likeness (QED) is 0.730. The first-order valence-corrected chi connectivity index (χ1v) is 9.18. The van der Waals surface area contributed by atoms with E-state index in [-0.39, 0.29) is 17.4 Å². The molecular weight excluding hydrogens is 317 g/mol. The van der Waals surface area contributed by atoms with Gasteiger partial charge in [-0.1, -0.05) is 12.5 Å². The van der Waals surface area contributed by atoms with Crippen molar-refractivity contribution in [2.75, 3.05) is 0 Å². The highest BCUT2D eigenvalue weighted by atomic mass is 19.1. The third-order valence-corrected chi connectivity index (χ3v) is 5.56. The Morgan fingerprint density at radius 1 is 1.16 bits per heavy atom.